The maximum Gasteiger partial charge on any atom is 2.00 e. The molecule has 0 aromatic rings. The summed E-state index contributed by atoms with van der Waals surface area (Å²) in [5.74, 6) is 0.650. The van der Waals surface area contributed by atoms with Crippen LogP contribution < -0.4 is 0 Å². The van der Waals surface area contributed by atoms with E-state index in [1.54, 1.807) is 0 Å². The summed E-state index contributed by atoms with van der Waals surface area (Å²) in [6.45, 7) is 15.3. The molecule has 0 unspecified atom stereocenters. The van der Waals surface area contributed by atoms with Crippen molar-refractivity contribution in [3.63, 3.8) is 0 Å². The summed E-state index contributed by atoms with van der Waals surface area (Å²) in [6.07, 6.45) is 4.10. The number of ketones is 2. The van der Waals surface area contributed by atoms with Gasteiger partial charge in [-0.1, -0.05) is 27.7 Å². The topological polar surface area (TPSA) is 34.1 Å². The predicted octanol–water partition coefficient (Wildman–Crippen LogP) is 4.18. The zero-order valence-corrected chi connectivity index (χ0v) is 15.3. The molecule has 0 aliphatic heterocycles. The zero-order valence-electron chi connectivity index (χ0n) is 12.4. The van der Waals surface area contributed by atoms with E-state index in [-0.39, 0.29) is 26.5 Å². The summed E-state index contributed by atoms with van der Waals surface area (Å²) in [5, 5.41) is 0. The Morgan fingerprint density at radius 1 is 0.944 bits per heavy atom. The van der Waals surface area contributed by atoms with Crippen LogP contribution in [0.15, 0.2) is 0 Å². The van der Waals surface area contributed by atoms with Gasteiger partial charge < -0.3 is 13.8 Å². The van der Waals surface area contributed by atoms with Crippen LogP contribution in [0.3, 0.4) is 0 Å². The molecule has 0 amide bonds. The molecule has 0 N–H and O–H groups in total. The van der Waals surface area contributed by atoms with Gasteiger partial charge in [0.25, 0.3) is 0 Å². The van der Waals surface area contributed by atoms with Crippen molar-refractivity contribution in [1.82, 2.24) is 0 Å². The molecule has 106 valence electrons. The molecule has 0 saturated carbocycles. The Balaban J connectivity index is -0.000000251. The van der Waals surface area contributed by atoms with Crippen LogP contribution in [0.1, 0.15) is 66.2 Å². The third kappa shape index (κ3) is 21.3. The Morgan fingerprint density at radius 2 is 1.33 bits per heavy atom. The van der Waals surface area contributed by atoms with Crippen molar-refractivity contribution >= 4 is 11.6 Å². The van der Waals surface area contributed by atoms with Crippen LogP contribution in [0.2, 0.25) is 0 Å². The normalized spacial score (nSPS) is 9.89. The van der Waals surface area contributed by atoms with E-state index in [2.05, 4.69) is 34.6 Å². The molecule has 2 nitrogen and oxygen atoms in total. The molecular weight excluding hydrogens is 396 g/mol. The second-order valence-electron chi connectivity index (χ2n) is 5.38. The van der Waals surface area contributed by atoms with E-state index in [1.807, 2.05) is 6.92 Å². The largest absolute Gasteiger partial charge is 2.00 e. The standard InChI is InChI=1S/C9H17O.C6H11O.W/c1-5-6-8(10)7-9(2,3)4;1-3-5-6(7)4-2;/h1,5-7H2,2-4H3;1,3-5H2,2H3;/q2*-1;+2. The van der Waals surface area contributed by atoms with E-state index in [0.29, 0.717) is 37.2 Å². The molecular formula is C15H28O2W. The first kappa shape index (κ1) is 23.1. The van der Waals surface area contributed by atoms with E-state index < -0.39 is 0 Å². The van der Waals surface area contributed by atoms with Crippen molar-refractivity contribution in [3.05, 3.63) is 13.8 Å². The van der Waals surface area contributed by atoms with Gasteiger partial charge in [0, 0.05) is 12.8 Å². The van der Waals surface area contributed by atoms with E-state index in [9.17, 15) is 9.59 Å². The molecule has 0 bridgehead atoms. The van der Waals surface area contributed by atoms with Crippen LogP contribution in [0, 0.1) is 19.3 Å². The van der Waals surface area contributed by atoms with Crippen LogP contribution in [0.5, 0.6) is 0 Å². The van der Waals surface area contributed by atoms with E-state index in [1.165, 1.54) is 0 Å². The van der Waals surface area contributed by atoms with Crippen molar-refractivity contribution < 1.29 is 30.7 Å². The zero-order chi connectivity index (χ0) is 13.9. The first-order valence-electron chi connectivity index (χ1n) is 6.38. The third-order valence-electron chi connectivity index (χ3n) is 2.03. The monoisotopic (exact) mass is 424 g/mol. The van der Waals surface area contributed by atoms with Gasteiger partial charge in [-0.15, -0.1) is 0 Å². The summed E-state index contributed by atoms with van der Waals surface area (Å²) >= 11 is 0. The Bertz CT molecular complexity index is 217. The first-order chi connectivity index (χ1) is 7.76. The molecule has 18 heavy (non-hydrogen) atoms. The van der Waals surface area contributed by atoms with Gasteiger partial charge in [0.1, 0.15) is 11.6 Å². The average Bonchev–Trinajstić information content (AvgIpc) is 2.16. The molecule has 0 rings (SSSR count). The third-order valence-corrected chi connectivity index (χ3v) is 2.03. The van der Waals surface area contributed by atoms with Crippen LogP contribution in [0.4, 0.5) is 0 Å². The molecule has 0 saturated heterocycles. The van der Waals surface area contributed by atoms with Gasteiger partial charge in [-0.05, 0) is 18.3 Å². The minimum atomic E-state index is 0. The predicted molar refractivity (Wildman–Crippen MR) is 73.6 cm³/mol. The van der Waals surface area contributed by atoms with Crippen LogP contribution in [-0.2, 0) is 30.7 Å². The number of rotatable bonds is 6. The molecule has 0 aliphatic rings. The quantitative estimate of drug-likeness (QED) is 0.600. The Hall–Kier alpha value is 0.0283. The van der Waals surface area contributed by atoms with Crippen LogP contribution in [0.25, 0.3) is 0 Å². The second-order valence-corrected chi connectivity index (χ2v) is 5.38. The van der Waals surface area contributed by atoms with Gasteiger partial charge in [-0.3, -0.25) is 9.59 Å². The Labute approximate surface area is 128 Å². The second kappa shape index (κ2) is 13.5. The van der Waals surface area contributed by atoms with Crippen molar-refractivity contribution in [3.8, 4) is 0 Å². The minimum Gasteiger partial charge on any atom is -0.343 e. The summed E-state index contributed by atoms with van der Waals surface area (Å²) in [5.41, 5.74) is 0.145. The average molecular weight is 424 g/mol. The Kier molecular flexibility index (Phi) is 17.3. The minimum absolute atomic E-state index is 0. The van der Waals surface area contributed by atoms with Gasteiger partial charge >= 0.3 is 21.1 Å². The molecule has 0 aliphatic carbocycles. The summed E-state index contributed by atoms with van der Waals surface area (Å²) in [7, 11) is 0. The fourth-order valence-corrected chi connectivity index (χ4v) is 1.25. The molecule has 0 aromatic carbocycles. The van der Waals surface area contributed by atoms with Gasteiger partial charge in [-0.25, -0.2) is 0 Å². The number of Topliss-reactive ketones (excluding diaryl/α,β-unsaturated/α-hetero) is 2. The van der Waals surface area contributed by atoms with Crippen molar-refractivity contribution in [2.75, 3.05) is 0 Å². The molecule has 0 aromatic heterocycles. The number of carbonyl (C=O) groups is 2. The molecule has 0 atom stereocenters. The summed E-state index contributed by atoms with van der Waals surface area (Å²) in [4.78, 5) is 21.4. The van der Waals surface area contributed by atoms with E-state index in [0.717, 1.165) is 12.8 Å². The van der Waals surface area contributed by atoms with E-state index >= 15 is 0 Å². The maximum absolute atomic E-state index is 11.0. The smallest absolute Gasteiger partial charge is 0.343 e. The van der Waals surface area contributed by atoms with Gasteiger partial charge in [0.05, 0.1) is 0 Å². The van der Waals surface area contributed by atoms with E-state index in [4.69, 9.17) is 0 Å². The maximum atomic E-state index is 11.0. The van der Waals surface area contributed by atoms with Gasteiger partial charge in [-0.2, -0.15) is 12.8 Å². The molecule has 0 spiro atoms. The van der Waals surface area contributed by atoms with Crippen LogP contribution in [-0.4, -0.2) is 11.6 Å². The van der Waals surface area contributed by atoms with Gasteiger partial charge in [0.15, 0.2) is 0 Å². The fraction of sp³-hybridized carbons (Fsp3) is 0.733. The SMILES string of the molecule is [CH2-]CCC(=O)CC.[CH2-]CCC(=O)CC(C)(C)C.[W+2]. The summed E-state index contributed by atoms with van der Waals surface area (Å²) in [6, 6.07) is 0. The number of hydrogen-bond donors (Lipinski definition) is 0. The Morgan fingerprint density at radius 3 is 1.56 bits per heavy atom. The van der Waals surface area contributed by atoms with Crippen LogP contribution >= 0.6 is 0 Å². The first-order valence-corrected chi connectivity index (χ1v) is 6.38. The van der Waals surface area contributed by atoms with Gasteiger partial charge in [0.2, 0.25) is 0 Å². The molecule has 0 heterocycles. The summed E-state index contributed by atoms with van der Waals surface area (Å²) < 4.78 is 0. The number of hydrogen-bond acceptors (Lipinski definition) is 2. The van der Waals surface area contributed by atoms with Crippen molar-refractivity contribution in [2.24, 2.45) is 5.41 Å². The molecule has 3 heteroatoms. The van der Waals surface area contributed by atoms with Crippen molar-refractivity contribution in [2.45, 2.75) is 66.2 Å². The fourth-order valence-electron chi connectivity index (χ4n) is 1.25. The molecule has 0 fully saturated rings. The van der Waals surface area contributed by atoms with Crippen molar-refractivity contribution in [1.29, 1.82) is 0 Å². The molecule has 0 radical (unpaired) electrons. The number of carbonyl (C=O) groups excluding carboxylic acids is 2.